The molecule has 0 bridgehead atoms. The standard InChI is InChI=1S/C12H10F2N2/c13-12(14)11-4-3-9(5-7-16)10(8-11)2-1-6-15/h3-4,8,12H,1-2,5H2. The highest BCUT2D eigenvalue weighted by molar-refractivity contribution is 5.34. The summed E-state index contributed by atoms with van der Waals surface area (Å²) < 4.78 is 24.9. The maximum atomic E-state index is 12.5. The highest BCUT2D eigenvalue weighted by Crippen LogP contribution is 2.23. The molecule has 1 aromatic carbocycles. The monoisotopic (exact) mass is 220 g/mol. The molecule has 82 valence electrons. The second-order valence-electron chi connectivity index (χ2n) is 3.32. The van der Waals surface area contributed by atoms with Crippen molar-refractivity contribution >= 4 is 0 Å². The van der Waals surface area contributed by atoms with Crippen LogP contribution in [0.3, 0.4) is 0 Å². The van der Waals surface area contributed by atoms with Gasteiger partial charge in [-0.05, 0) is 23.6 Å². The van der Waals surface area contributed by atoms with Gasteiger partial charge in [0, 0.05) is 12.0 Å². The molecular weight excluding hydrogens is 210 g/mol. The van der Waals surface area contributed by atoms with Crippen LogP contribution in [0.25, 0.3) is 0 Å². The van der Waals surface area contributed by atoms with Crippen molar-refractivity contribution in [1.29, 1.82) is 10.5 Å². The summed E-state index contributed by atoms with van der Waals surface area (Å²) in [5.74, 6) is 0. The first kappa shape index (κ1) is 12.1. The number of hydrogen-bond donors (Lipinski definition) is 0. The molecule has 0 saturated heterocycles. The average Bonchev–Trinajstić information content (AvgIpc) is 2.27. The molecule has 0 aromatic heterocycles. The zero-order chi connectivity index (χ0) is 12.0. The molecule has 0 aliphatic carbocycles. The lowest BCUT2D eigenvalue weighted by Crippen LogP contribution is -1.96. The lowest BCUT2D eigenvalue weighted by molar-refractivity contribution is 0.151. The van der Waals surface area contributed by atoms with E-state index < -0.39 is 6.43 Å². The number of rotatable bonds is 4. The van der Waals surface area contributed by atoms with Gasteiger partial charge in [0.15, 0.2) is 0 Å². The second kappa shape index (κ2) is 5.82. The van der Waals surface area contributed by atoms with Crippen molar-refractivity contribution in [2.75, 3.05) is 0 Å². The third kappa shape index (κ3) is 3.03. The fraction of sp³-hybridized carbons (Fsp3) is 0.333. The molecule has 2 nitrogen and oxygen atoms in total. The number of nitriles is 2. The van der Waals surface area contributed by atoms with E-state index in [4.69, 9.17) is 10.5 Å². The third-order valence-corrected chi connectivity index (χ3v) is 2.26. The highest BCUT2D eigenvalue weighted by Gasteiger charge is 2.10. The van der Waals surface area contributed by atoms with Crippen LogP contribution in [0.1, 0.15) is 29.5 Å². The van der Waals surface area contributed by atoms with E-state index in [1.807, 2.05) is 12.1 Å². The van der Waals surface area contributed by atoms with Gasteiger partial charge in [-0.3, -0.25) is 0 Å². The van der Waals surface area contributed by atoms with Gasteiger partial charge in [-0.15, -0.1) is 0 Å². The largest absolute Gasteiger partial charge is 0.263 e. The minimum atomic E-state index is -2.52. The van der Waals surface area contributed by atoms with Gasteiger partial charge in [0.1, 0.15) is 0 Å². The summed E-state index contributed by atoms with van der Waals surface area (Å²) in [6, 6.07) is 8.19. The minimum absolute atomic E-state index is 0.0605. The van der Waals surface area contributed by atoms with E-state index in [2.05, 4.69) is 0 Å². The Morgan fingerprint density at radius 1 is 1.12 bits per heavy atom. The van der Waals surface area contributed by atoms with E-state index in [1.54, 1.807) is 0 Å². The molecule has 1 aromatic rings. The first-order valence-electron chi connectivity index (χ1n) is 4.82. The van der Waals surface area contributed by atoms with Gasteiger partial charge in [0.05, 0.1) is 18.6 Å². The van der Waals surface area contributed by atoms with Gasteiger partial charge in [-0.1, -0.05) is 12.1 Å². The van der Waals surface area contributed by atoms with E-state index in [0.29, 0.717) is 12.0 Å². The Labute approximate surface area is 92.7 Å². The number of benzene rings is 1. The molecule has 0 amide bonds. The summed E-state index contributed by atoms with van der Waals surface area (Å²) in [5, 5.41) is 17.0. The Kier molecular flexibility index (Phi) is 4.42. The Morgan fingerprint density at radius 2 is 1.88 bits per heavy atom. The zero-order valence-corrected chi connectivity index (χ0v) is 8.58. The highest BCUT2D eigenvalue weighted by atomic mass is 19.3. The van der Waals surface area contributed by atoms with E-state index in [0.717, 1.165) is 5.56 Å². The molecule has 0 N–H and O–H groups in total. The minimum Gasteiger partial charge on any atom is -0.205 e. The van der Waals surface area contributed by atoms with Crippen LogP contribution >= 0.6 is 0 Å². The van der Waals surface area contributed by atoms with E-state index >= 15 is 0 Å². The molecule has 0 fully saturated rings. The van der Waals surface area contributed by atoms with Crippen LogP contribution in [-0.4, -0.2) is 0 Å². The van der Waals surface area contributed by atoms with E-state index in [9.17, 15) is 8.78 Å². The van der Waals surface area contributed by atoms with Crippen molar-refractivity contribution in [3.63, 3.8) is 0 Å². The first-order chi connectivity index (χ1) is 7.69. The average molecular weight is 220 g/mol. The quantitative estimate of drug-likeness (QED) is 0.782. The van der Waals surface area contributed by atoms with Crippen molar-refractivity contribution in [2.24, 2.45) is 0 Å². The van der Waals surface area contributed by atoms with Crippen LogP contribution in [0.2, 0.25) is 0 Å². The van der Waals surface area contributed by atoms with Crippen molar-refractivity contribution in [3.8, 4) is 12.1 Å². The Bertz CT molecular complexity index is 441. The molecule has 0 atom stereocenters. The molecule has 0 unspecified atom stereocenters. The lowest BCUT2D eigenvalue weighted by Gasteiger charge is -2.08. The summed E-state index contributed by atoms with van der Waals surface area (Å²) in [6.07, 6.45) is -1.65. The van der Waals surface area contributed by atoms with E-state index in [1.165, 1.54) is 18.2 Å². The summed E-state index contributed by atoms with van der Waals surface area (Å²) >= 11 is 0. The number of alkyl halides is 2. The van der Waals surface area contributed by atoms with Gasteiger partial charge in [-0.25, -0.2) is 8.78 Å². The van der Waals surface area contributed by atoms with Crippen LogP contribution < -0.4 is 0 Å². The van der Waals surface area contributed by atoms with Crippen molar-refractivity contribution in [3.05, 3.63) is 34.9 Å². The van der Waals surface area contributed by atoms with Gasteiger partial charge in [0.2, 0.25) is 0 Å². The normalized spacial score (nSPS) is 9.81. The van der Waals surface area contributed by atoms with Crippen LogP contribution in [0.5, 0.6) is 0 Å². The topological polar surface area (TPSA) is 47.6 Å². The molecule has 4 heteroatoms. The number of aryl methyl sites for hydroxylation is 1. The van der Waals surface area contributed by atoms with E-state index in [-0.39, 0.29) is 18.4 Å². The Balaban J connectivity index is 3.02. The maximum Gasteiger partial charge on any atom is 0.263 e. The predicted octanol–water partition coefficient (Wildman–Crippen LogP) is 3.15. The Morgan fingerprint density at radius 3 is 2.44 bits per heavy atom. The fourth-order valence-corrected chi connectivity index (χ4v) is 1.46. The molecule has 1 rings (SSSR count). The smallest absolute Gasteiger partial charge is 0.205 e. The molecule has 0 aliphatic heterocycles. The van der Waals surface area contributed by atoms with Gasteiger partial charge >= 0.3 is 0 Å². The molecule has 0 aliphatic rings. The van der Waals surface area contributed by atoms with Crippen molar-refractivity contribution < 1.29 is 8.78 Å². The SMILES string of the molecule is N#CCCc1cc(C(F)F)ccc1CC#N. The Hall–Kier alpha value is -1.94. The van der Waals surface area contributed by atoms with Crippen molar-refractivity contribution in [1.82, 2.24) is 0 Å². The number of nitrogens with zero attached hydrogens (tertiary/aromatic N) is 2. The van der Waals surface area contributed by atoms with Crippen molar-refractivity contribution in [2.45, 2.75) is 25.7 Å². The van der Waals surface area contributed by atoms with Crippen LogP contribution in [0.15, 0.2) is 18.2 Å². The van der Waals surface area contributed by atoms with Crippen LogP contribution in [0, 0.1) is 22.7 Å². The molecule has 16 heavy (non-hydrogen) atoms. The number of halogens is 2. The number of hydrogen-bond acceptors (Lipinski definition) is 2. The van der Waals surface area contributed by atoms with Crippen LogP contribution in [-0.2, 0) is 12.8 Å². The van der Waals surface area contributed by atoms with Gasteiger partial charge < -0.3 is 0 Å². The molecule has 0 spiro atoms. The summed E-state index contributed by atoms with van der Waals surface area (Å²) in [6.45, 7) is 0. The third-order valence-electron chi connectivity index (χ3n) is 2.26. The summed E-state index contributed by atoms with van der Waals surface area (Å²) in [4.78, 5) is 0. The predicted molar refractivity (Wildman–Crippen MR) is 54.7 cm³/mol. The lowest BCUT2D eigenvalue weighted by atomic mass is 9.98. The molecular formula is C12H10F2N2. The van der Waals surface area contributed by atoms with Crippen LogP contribution in [0.4, 0.5) is 8.78 Å². The summed E-state index contributed by atoms with van der Waals surface area (Å²) in [5.41, 5.74) is 1.33. The summed E-state index contributed by atoms with van der Waals surface area (Å²) in [7, 11) is 0. The first-order valence-corrected chi connectivity index (χ1v) is 4.82. The molecule has 0 heterocycles. The molecule has 0 saturated carbocycles. The fourth-order valence-electron chi connectivity index (χ4n) is 1.46. The van der Waals surface area contributed by atoms with Gasteiger partial charge in [0.25, 0.3) is 6.43 Å². The zero-order valence-electron chi connectivity index (χ0n) is 8.58. The maximum absolute atomic E-state index is 12.5. The molecule has 0 radical (unpaired) electrons. The van der Waals surface area contributed by atoms with Gasteiger partial charge in [-0.2, -0.15) is 10.5 Å². The second-order valence-corrected chi connectivity index (χ2v) is 3.32.